The highest BCUT2D eigenvalue weighted by Gasteiger charge is 2.51. The van der Waals surface area contributed by atoms with Crippen molar-refractivity contribution in [2.45, 2.75) is 62.3 Å². The molecule has 124 valence electrons. The van der Waals surface area contributed by atoms with Crippen LogP contribution in [0.1, 0.15) is 45.4 Å². The Morgan fingerprint density at radius 2 is 1.68 bits per heavy atom. The van der Waals surface area contributed by atoms with Gasteiger partial charge in [0.05, 0.1) is 11.9 Å². The Bertz CT molecular complexity index is 430. The molecule has 4 fully saturated rings. The molecule has 4 aliphatic rings. The Morgan fingerprint density at radius 1 is 1.18 bits per heavy atom. The van der Waals surface area contributed by atoms with Gasteiger partial charge >= 0.3 is 5.97 Å². The van der Waals surface area contributed by atoms with Crippen LogP contribution in [-0.2, 0) is 9.59 Å². The van der Waals surface area contributed by atoms with Crippen LogP contribution < -0.4 is 5.32 Å². The molecule has 5 nitrogen and oxygen atoms in total. The zero-order valence-corrected chi connectivity index (χ0v) is 13.8. The highest BCUT2D eigenvalue weighted by atomic mass is 32.2. The van der Waals surface area contributed by atoms with Gasteiger partial charge in [0.25, 0.3) is 0 Å². The fraction of sp³-hybridized carbons (Fsp3) is 0.875. The Kier molecular flexibility index (Phi) is 4.42. The third-order valence-electron chi connectivity index (χ3n) is 5.56. The van der Waals surface area contributed by atoms with E-state index < -0.39 is 18.1 Å². The minimum absolute atomic E-state index is 0.246. The minimum Gasteiger partial charge on any atom is -0.480 e. The van der Waals surface area contributed by atoms with Gasteiger partial charge in [0.1, 0.15) is 0 Å². The average Bonchev–Trinajstić information content (AvgIpc) is 2.40. The Morgan fingerprint density at radius 3 is 2.09 bits per heavy atom. The highest BCUT2D eigenvalue weighted by molar-refractivity contribution is 8.01. The SMILES string of the molecule is C[C@@H](O)[C@H](NC(=O)CSC12CC3CC(CC(C3)C1)C2)C(=O)O. The number of carbonyl (C=O) groups excluding carboxylic acids is 1. The topological polar surface area (TPSA) is 86.6 Å². The number of carbonyl (C=O) groups is 2. The first kappa shape index (κ1) is 16.1. The zero-order valence-electron chi connectivity index (χ0n) is 13.0. The van der Waals surface area contributed by atoms with Crippen molar-refractivity contribution in [3.8, 4) is 0 Å². The molecule has 6 heteroatoms. The summed E-state index contributed by atoms with van der Waals surface area (Å²) in [5.74, 6) is 1.34. The summed E-state index contributed by atoms with van der Waals surface area (Å²) in [6.07, 6.45) is 6.67. The second-order valence-corrected chi connectivity index (χ2v) is 8.96. The fourth-order valence-corrected chi connectivity index (χ4v) is 6.61. The number of carboxylic acids is 1. The summed E-state index contributed by atoms with van der Waals surface area (Å²) in [5, 5.41) is 20.9. The number of carboxylic acid groups (broad SMARTS) is 1. The molecule has 22 heavy (non-hydrogen) atoms. The van der Waals surface area contributed by atoms with E-state index in [1.54, 1.807) is 11.8 Å². The van der Waals surface area contributed by atoms with Gasteiger partial charge in [-0.1, -0.05) is 0 Å². The minimum atomic E-state index is -1.22. The number of hydrogen-bond donors (Lipinski definition) is 3. The highest BCUT2D eigenvalue weighted by Crippen LogP contribution is 2.60. The van der Waals surface area contributed by atoms with E-state index in [9.17, 15) is 14.7 Å². The third-order valence-corrected chi connectivity index (χ3v) is 7.08. The van der Waals surface area contributed by atoms with Gasteiger partial charge in [0, 0.05) is 4.75 Å². The molecular formula is C16H25NO4S. The van der Waals surface area contributed by atoms with Crippen molar-refractivity contribution in [2.24, 2.45) is 17.8 Å². The maximum Gasteiger partial charge on any atom is 0.328 e. The van der Waals surface area contributed by atoms with Crippen LogP contribution in [0, 0.1) is 17.8 Å². The summed E-state index contributed by atoms with van der Waals surface area (Å²) in [6.45, 7) is 1.38. The van der Waals surface area contributed by atoms with Crippen molar-refractivity contribution in [1.29, 1.82) is 0 Å². The van der Waals surface area contributed by atoms with Gasteiger partial charge in [-0.05, 0) is 63.2 Å². The van der Waals surface area contributed by atoms with Crippen LogP contribution in [0.3, 0.4) is 0 Å². The van der Waals surface area contributed by atoms with Crippen LogP contribution >= 0.6 is 11.8 Å². The summed E-state index contributed by atoms with van der Waals surface area (Å²) in [4.78, 5) is 23.1. The van der Waals surface area contributed by atoms with Crippen molar-refractivity contribution in [1.82, 2.24) is 5.32 Å². The molecule has 4 saturated carbocycles. The Balaban J connectivity index is 1.54. The predicted octanol–water partition coefficient (Wildman–Crippen LogP) is 1.64. The van der Waals surface area contributed by atoms with Gasteiger partial charge in [-0.3, -0.25) is 4.79 Å². The Hall–Kier alpha value is -0.750. The van der Waals surface area contributed by atoms with Crippen molar-refractivity contribution in [3.63, 3.8) is 0 Å². The summed E-state index contributed by atoms with van der Waals surface area (Å²) in [6, 6.07) is -1.22. The smallest absolute Gasteiger partial charge is 0.328 e. The molecule has 4 bridgehead atoms. The normalized spacial score (nSPS) is 38.5. The maximum absolute atomic E-state index is 12.0. The van der Waals surface area contributed by atoms with E-state index in [2.05, 4.69) is 5.32 Å². The molecule has 0 spiro atoms. The van der Waals surface area contributed by atoms with E-state index in [0.29, 0.717) is 5.75 Å². The van der Waals surface area contributed by atoms with Gasteiger partial charge in [-0.15, -0.1) is 11.8 Å². The molecule has 0 unspecified atom stereocenters. The van der Waals surface area contributed by atoms with Crippen molar-refractivity contribution >= 4 is 23.6 Å². The second kappa shape index (κ2) is 6.04. The van der Waals surface area contributed by atoms with Crippen molar-refractivity contribution in [3.05, 3.63) is 0 Å². The number of hydrogen-bond acceptors (Lipinski definition) is 4. The van der Waals surface area contributed by atoms with Crippen LogP contribution in [0.5, 0.6) is 0 Å². The zero-order chi connectivity index (χ0) is 15.9. The van der Waals surface area contributed by atoms with Gasteiger partial charge in [0.2, 0.25) is 5.91 Å². The molecule has 0 aromatic carbocycles. The van der Waals surface area contributed by atoms with E-state index in [4.69, 9.17) is 5.11 Å². The number of aliphatic hydroxyl groups is 1. The fourth-order valence-electron chi connectivity index (χ4n) is 5.03. The van der Waals surface area contributed by atoms with Crippen molar-refractivity contribution < 1.29 is 19.8 Å². The lowest BCUT2D eigenvalue weighted by Gasteiger charge is -2.56. The lowest BCUT2D eigenvalue weighted by atomic mass is 9.56. The molecule has 0 radical (unpaired) electrons. The molecule has 0 aliphatic heterocycles. The summed E-state index contributed by atoms with van der Waals surface area (Å²) in [7, 11) is 0. The number of nitrogens with one attached hydrogen (secondary N) is 1. The summed E-state index contributed by atoms with van der Waals surface area (Å²) >= 11 is 1.72. The molecule has 0 saturated heterocycles. The monoisotopic (exact) mass is 327 g/mol. The lowest BCUT2D eigenvalue weighted by Crippen LogP contribution is -2.50. The molecule has 4 rings (SSSR count). The standard InChI is InChI=1S/C16H25NO4S/c1-9(18)14(15(20)21)17-13(19)8-22-16-5-10-2-11(6-16)4-12(3-10)7-16/h9-12,14,18H,2-8H2,1H3,(H,17,19)(H,20,21)/t9-,10?,11?,12?,14+,16?/m1/s1. The number of rotatable bonds is 6. The number of aliphatic carboxylic acids is 1. The van der Waals surface area contributed by atoms with E-state index in [1.165, 1.54) is 45.4 Å². The number of amides is 1. The second-order valence-electron chi connectivity index (χ2n) is 7.51. The summed E-state index contributed by atoms with van der Waals surface area (Å²) in [5.41, 5.74) is 0. The average molecular weight is 327 g/mol. The molecule has 0 aromatic heterocycles. The van der Waals surface area contributed by atoms with E-state index in [-0.39, 0.29) is 10.7 Å². The van der Waals surface area contributed by atoms with Gasteiger partial charge in [-0.2, -0.15) is 0 Å². The largest absolute Gasteiger partial charge is 0.480 e. The van der Waals surface area contributed by atoms with Gasteiger partial charge in [-0.25, -0.2) is 4.79 Å². The third kappa shape index (κ3) is 3.27. The quantitative estimate of drug-likeness (QED) is 0.690. The number of aliphatic hydroxyl groups excluding tert-OH is 1. The van der Waals surface area contributed by atoms with Crippen LogP contribution in [-0.4, -0.2) is 44.7 Å². The van der Waals surface area contributed by atoms with Crippen LogP contribution in [0.2, 0.25) is 0 Å². The van der Waals surface area contributed by atoms with Gasteiger partial charge in [0.15, 0.2) is 6.04 Å². The first-order valence-electron chi connectivity index (χ1n) is 8.21. The molecule has 0 aromatic rings. The molecule has 2 atom stereocenters. The first-order chi connectivity index (χ1) is 10.4. The predicted molar refractivity (Wildman–Crippen MR) is 84.6 cm³/mol. The maximum atomic E-state index is 12.0. The van der Waals surface area contributed by atoms with E-state index in [0.717, 1.165) is 17.8 Å². The van der Waals surface area contributed by atoms with Crippen LogP contribution in [0.15, 0.2) is 0 Å². The number of thioether (sulfide) groups is 1. The molecule has 3 N–H and O–H groups in total. The van der Waals surface area contributed by atoms with Gasteiger partial charge < -0.3 is 15.5 Å². The summed E-state index contributed by atoms with van der Waals surface area (Å²) < 4.78 is 0.246. The van der Waals surface area contributed by atoms with Crippen LogP contribution in [0.4, 0.5) is 0 Å². The molecule has 4 aliphatic carbocycles. The van der Waals surface area contributed by atoms with E-state index in [1.807, 2.05) is 0 Å². The Labute approximate surface area is 135 Å². The van der Waals surface area contributed by atoms with Crippen molar-refractivity contribution in [2.75, 3.05) is 5.75 Å². The molecular weight excluding hydrogens is 302 g/mol. The lowest BCUT2D eigenvalue weighted by molar-refractivity contribution is -0.144. The van der Waals surface area contributed by atoms with E-state index >= 15 is 0 Å². The molecule has 0 heterocycles. The molecule has 1 amide bonds. The first-order valence-corrected chi connectivity index (χ1v) is 9.19. The van der Waals surface area contributed by atoms with Crippen LogP contribution in [0.25, 0.3) is 0 Å².